The number of nitrogens with zero attached hydrogens (tertiary/aromatic N) is 2. The van der Waals surface area contributed by atoms with Gasteiger partial charge < -0.3 is 0 Å². The minimum atomic E-state index is 0.106. The Morgan fingerprint density at radius 1 is 1.37 bits per heavy atom. The maximum atomic E-state index is 5.80. The Balaban J connectivity index is 1.90. The zero-order chi connectivity index (χ0) is 13.4. The molecule has 19 heavy (non-hydrogen) atoms. The Hall–Kier alpha value is -1.17. The van der Waals surface area contributed by atoms with Gasteiger partial charge in [-0.05, 0) is 45.8 Å². The lowest BCUT2D eigenvalue weighted by atomic mass is 9.94. The van der Waals surface area contributed by atoms with Crippen molar-refractivity contribution in [1.82, 2.24) is 15.2 Å². The Labute approximate surface area is 121 Å². The van der Waals surface area contributed by atoms with E-state index in [-0.39, 0.29) is 6.04 Å². The summed E-state index contributed by atoms with van der Waals surface area (Å²) in [7, 11) is 1.95. The summed E-state index contributed by atoms with van der Waals surface area (Å²) in [4.78, 5) is 0. The molecule has 0 saturated carbocycles. The Morgan fingerprint density at radius 3 is 2.47 bits per heavy atom. The van der Waals surface area contributed by atoms with Gasteiger partial charge in [0.25, 0.3) is 0 Å². The van der Waals surface area contributed by atoms with Gasteiger partial charge in [0.2, 0.25) is 0 Å². The number of nitrogens with one attached hydrogen (secondary N) is 1. The second-order valence-electron chi connectivity index (χ2n) is 5.08. The predicted octanol–water partition coefficient (Wildman–Crippen LogP) is 2.10. The van der Waals surface area contributed by atoms with E-state index >= 15 is 0 Å². The van der Waals surface area contributed by atoms with E-state index in [1.807, 2.05) is 17.9 Å². The molecular weight excluding hydrogens is 304 g/mol. The van der Waals surface area contributed by atoms with Gasteiger partial charge in [0.1, 0.15) is 0 Å². The molecule has 1 aromatic heterocycles. The van der Waals surface area contributed by atoms with Crippen LogP contribution in [-0.4, -0.2) is 9.78 Å². The lowest BCUT2D eigenvalue weighted by Gasteiger charge is -2.23. The molecule has 3 N–H and O–H groups in total. The van der Waals surface area contributed by atoms with Crippen molar-refractivity contribution in [2.24, 2.45) is 18.8 Å². The molecule has 1 aliphatic carbocycles. The number of rotatable bonds is 3. The molecule has 1 aromatic carbocycles. The number of nitrogens with two attached hydrogens (primary N) is 1. The van der Waals surface area contributed by atoms with Gasteiger partial charge in [0.15, 0.2) is 0 Å². The maximum Gasteiger partial charge on any atom is 0.0708 e. The third-order valence-corrected chi connectivity index (χ3v) is 4.58. The summed E-state index contributed by atoms with van der Waals surface area (Å²) in [5.41, 5.74) is 6.96. The molecule has 0 amide bonds. The van der Waals surface area contributed by atoms with Crippen LogP contribution in [-0.2, 0) is 19.9 Å². The molecule has 1 atom stereocenters. The van der Waals surface area contributed by atoms with Gasteiger partial charge in [0.05, 0.1) is 22.4 Å². The van der Waals surface area contributed by atoms with E-state index < -0.39 is 0 Å². The predicted molar refractivity (Wildman–Crippen MR) is 78.3 cm³/mol. The molecule has 3 rings (SSSR count). The number of hydrogen-bond donors (Lipinski definition) is 2. The van der Waals surface area contributed by atoms with Crippen LogP contribution >= 0.6 is 15.9 Å². The number of halogens is 1. The molecule has 0 spiro atoms. The van der Waals surface area contributed by atoms with Crippen molar-refractivity contribution in [3.8, 4) is 0 Å². The van der Waals surface area contributed by atoms with E-state index in [1.54, 1.807) is 0 Å². The maximum absolute atomic E-state index is 5.80. The minimum absolute atomic E-state index is 0.106. The summed E-state index contributed by atoms with van der Waals surface area (Å²) in [6, 6.07) is 8.73. The second-order valence-corrected chi connectivity index (χ2v) is 5.94. The van der Waals surface area contributed by atoms with E-state index in [4.69, 9.17) is 5.84 Å². The summed E-state index contributed by atoms with van der Waals surface area (Å²) in [6.07, 6.45) is 3.94. The van der Waals surface area contributed by atoms with Crippen LogP contribution in [0.25, 0.3) is 0 Å². The van der Waals surface area contributed by atoms with E-state index in [9.17, 15) is 0 Å². The molecule has 0 aliphatic heterocycles. The second kappa shape index (κ2) is 5.07. The third kappa shape index (κ3) is 2.22. The van der Waals surface area contributed by atoms with Crippen LogP contribution in [0.15, 0.2) is 34.9 Å². The highest BCUT2D eigenvalue weighted by Gasteiger charge is 2.31. The van der Waals surface area contributed by atoms with Gasteiger partial charge in [-0.1, -0.05) is 24.3 Å². The summed E-state index contributed by atoms with van der Waals surface area (Å²) in [5, 5.41) is 4.28. The fraction of sp³-hybridized carbons (Fsp3) is 0.357. The molecule has 100 valence electrons. The lowest BCUT2D eigenvalue weighted by molar-refractivity contribution is 0.360. The molecule has 1 heterocycles. The smallest absolute Gasteiger partial charge is 0.0708 e. The molecule has 0 saturated heterocycles. The molecule has 4 nitrogen and oxygen atoms in total. The number of benzene rings is 1. The number of hydrogen-bond acceptors (Lipinski definition) is 3. The molecule has 1 unspecified atom stereocenters. The quantitative estimate of drug-likeness (QED) is 0.672. The lowest BCUT2D eigenvalue weighted by Crippen LogP contribution is -2.35. The van der Waals surface area contributed by atoms with E-state index in [0.29, 0.717) is 5.92 Å². The Kier molecular flexibility index (Phi) is 3.43. The Bertz CT molecular complexity index is 548. The zero-order valence-corrected chi connectivity index (χ0v) is 12.4. The molecule has 0 fully saturated rings. The van der Waals surface area contributed by atoms with E-state index in [1.165, 1.54) is 11.1 Å². The number of aromatic nitrogens is 2. The number of aryl methyl sites for hydroxylation is 1. The first-order valence-corrected chi connectivity index (χ1v) is 7.20. The summed E-state index contributed by atoms with van der Waals surface area (Å²) >= 11 is 3.56. The number of hydrazine groups is 1. The Morgan fingerprint density at radius 2 is 2.00 bits per heavy atom. The van der Waals surface area contributed by atoms with Crippen molar-refractivity contribution >= 4 is 15.9 Å². The van der Waals surface area contributed by atoms with Crippen LogP contribution in [0.4, 0.5) is 0 Å². The molecule has 2 aromatic rings. The van der Waals surface area contributed by atoms with Crippen molar-refractivity contribution in [3.05, 3.63) is 51.8 Å². The standard InChI is InChI=1S/C14H17BrN4/c1-19-14(12(15)8-17-19)13(18-16)11-6-9-4-2-3-5-10(9)7-11/h2-5,8,11,13,18H,6-7,16H2,1H3. The van der Waals surface area contributed by atoms with Crippen molar-refractivity contribution in [2.75, 3.05) is 0 Å². The van der Waals surface area contributed by atoms with Gasteiger partial charge in [-0.3, -0.25) is 16.0 Å². The van der Waals surface area contributed by atoms with Gasteiger partial charge in [-0.15, -0.1) is 0 Å². The SMILES string of the molecule is Cn1ncc(Br)c1C(NN)C1Cc2ccccc2C1. The van der Waals surface area contributed by atoms with Crippen LogP contribution < -0.4 is 11.3 Å². The average Bonchev–Trinajstić information content (AvgIpc) is 2.97. The first-order valence-electron chi connectivity index (χ1n) is 6.41. The normalized spacial score (nSPS) is 16.6. The van der Waals surface area contributed by atoms with Gasteiger partial charge in [-0.25, -0.2) is 0 Å². The summed E-state index contributed by atoms with van der Waals surface area (Å²) < 4.78 is 2.89. The van der Waals surface area contributed by atoms with Gasteiger partial charge in [0, 0.05) is 7.05 Å². The van der Waals surface area contributed by atoms with Crippen LogP contribution in [0.5, 0.6) is 0 Å². The largest absolute Gasteiger partial charge is 0.271 e. The molecular formula is C14H17BrN4. The highest BCUT2D eigenvalue weighted by Crippen LogP contribution is 2.36. The number of fused-ring (bicyclic) bond motifs is 1. The zero-order valence-electron chi connectivity index (χ0n) is 10.8. The van der Waals surface area contributed by atoms with Crippen molar-refractivity contribution in [3.63, 3.8) is 0 Å². The van der Waals surface area contributed by atoms with Gasteiger partial charge >= 0.3 is 0 Å². The first kappa shape index (κ1) is 12.8. The fourth-order valence-electron chi connectivity index (χ4n) is 3.04. The fourth-order valence-corrected chi connectivity index (χ4v) is 3.63. The monoisotopic (exact) mass is 320 g/mol. The van der Waals surface area contributed by atoms with Crippen LogP contribution in [0, 0.1) is 5.92 Å². The molecule has 5 heteroatoms. The summed E-state index contributed by atoms with van der Waals surface area (Å²) in [6.45, 7) is 0. The van der Waals surface area contributed by atoms with Gasteiger partial charge in [-0.2, -0.15) is 5.10 Å². The minimum Gasteiger partial charge on any atom is -0.271 e. The van der Waals surface area contributed by atoms with E-state index in [0.717, 1.165) is 23.0 Å². The van der Waals surface area contributed by atoms with Crippen molar-refractivity contribution in [1.29, 1.82) is 0 Å². The van der Waals surface area contributed by atoms with Crippen LogP contribution in [0.1, 0.15) is 22.9 Å². The molecule has 0 bridgehead atoms. The van der Waals surface area contributed by atoms with Crippen LogP contribution in [0.3, 0.4) is 0 Å². The molecule has 0 radical (unpaired) electrons. The highest BCUT2D eigenvalue weighted by atomic mass is 79.9. The highest BCUT2D eigenvalue weighted by molar-refractivity contribution is 9.10. The van der Waals surface area contributed by atoms with Crippen LogP contribution in [0.2, 0.25) is 0 Å². The van der Waals surface area contributed by atoms with Crippen molar-refractivity contribution in [2.45, 2.75) is 18.9 Å². The molecule has 1 aliphatic rings. The topological polar surface area (TPSA) is 55.9 Å². The summed E-state index contributed by atoms with van der Waals surface area (Å²) in [5.74, 6) is 6.27. The average molecular weight is 321 g/mol. The van der Waals surface area contributed by atoms with E-state index in [2.05, 4.69) is 50.7 Å². The first-order chi connectivity index (χ1) is 9.20. The van der Waals surface area contributed by atoms with Crippen molar-refractivity contribution < 1.29 is 0 Å². The third-order valence-electron chi connectivity index (χ3n) is 3.97.